The summed E-state index contributed by atoms with van der Waals surface area (Å²) in [5, 5.41) is 62.9. The number of nitrogens with zero attached hydrogens (tertiary/aromatic N) is 8. The first-order chi connectivity index (χ1) is 31.9. The van der Waals surface area contributed by atoms with Crippen LogP contribution in [-0.4, -0.2) is 25.9 Å². The summed E-state index contributed by atoms with van der Waals surface area (Å²) in [5.74, 6) is -1.18. The van der Waals surface area contributed by atoms with Crippen molar-refractivity contribution in [3.63, 3.8) is 0 Å². The van der Waals surface area contributed by atoms with Crippen LogP contribution in [0.2, 0.25) is 0 Å². The van der Waals surface area contributed by atoms with Gasteiger partial charge in [-0.25, -0.2) is 0 Å². The first kappa shape index (κ1) is 51.5. The number of fused-ring (bicyclic) bond motifs is 2. The maximum absolute atomic E-state index is 13.4. The zero-order chi connectivity index (χ0) is 47.6. The Bertz CT molecular complexity index is 3400. The molecule has 0 saturated heterocycles. The molecule has 336 valence electrons. The van der Waals surface area contributed by atoms with Gasteiger partial charge in [0.2, 0.25) is 0 Å². The van der Waals surface area contributed by atoms with E-state index in [1.165, 1.54) is 60.7 Å². The van der Waals surface area contributed by atoms with E-state index in [1.807, 2.05) is 0 Å². The summed E-state index contributed by atoms with van der Waals surface area (Å²) in [7, 11) is -9.60. The summed E-state index contributed by atoms with van der Waals surface area (Å²) in [5.41, 5.74) is 26.3. The Hall–Kier alpha value is -6.90. The van der Waals surface area contributed by atoms with E-state index in [2.05, 4.69) is 46.2 Å². The Morgan fingerprint density at radius 3 is 1.09 bits per heavy atom. The smallest absolute Gasteiger partial charge is 0.871 e. The van der Waals surface area contributed by atoms with Crippen LogP contribution in [0.1, 0.15) is 0 Å². The minimum Gasteiger partial charge on any atom is -0.871 e. The molecule has 0 atom stereocenters. The summed E-state index contributed by atoms with van der Waals surface area (Å²) in [6.07, 6.45) is 0. The van der Waals surface area contributed by atoms with Crippen LogP contribution in [-0.2, 0) is 20.2 Å². The first-order valence-corrected chi connectivity index (χ1v) is 22.2. The third kappa shape index (κ3) is 12.0. The summed E-state index contributed by atoms with van der Waals surface area (Å²) < 4.78 is 69.4. The minimum absolute atomic E-state index is 0. The van der Waals surface area contributed by atoms with Crippen molar-refractivity contribution in [1.82, 2.24) is 0 Å². The maximum Gasteiger partial charge on any atom is 1.00 e. The van der Waals surface area contributed by atoms with Gasteiger partial charge in [-0.3, -0.25) is 9.11 Å². The van der Waals surface area contributed by atoms with E-state index in [9.17, 15) is 36.2 Å². The fraction of sp³-hybridized carbons (Fsp3) is 0. The molecule has 11 N–H and O–H groups in total. The van der Waals surface area contributed by atoms with E-state index in [0.29, 0.717) is 34.1 Å². The van der Waals surface area contributed by atoms with E-state index in [1.54, 1.807) is 60.7 Å². The van der Waals surface area contributed by atoms with Gasteiger partial charge in [-0.05, 0) is 143 Å². The molecule has 25 heteroatoms. The van der Waals surface area contributed by atoms with Crippen molar-refractivity contribution in [2.75, 3.05) is 28.3 Å². The molecular formula is C44H33N13Na2O8S2. The second-order valence-corrected chi connectivity index (χ2v) is 17.3. The fourth-order valence-electron chi connectivity index (χ4n) is 6.49. The van der Waals surface area contributed by atoms with Crippen molar-refractivity contribution in [2.24, 2.45) is 40.9 Å². The number of anilines is 6. The van der Waals surface area contributed by atoms with E-state index in [4.69, 9.17) is 22.9 Å². The molecule has 0 saturated carbocycles. The normalized spacial score (nSPS) is 12.0. The van der Waals surface area contributed by atoms with Crippen LogP contribution < -0.4 is 97.6 Å². The van der Waals surface area contributed by atoms with E-state index in [-0.39, 0.29) is 126 Å². The number of nitrogens with two attached hydrogens (primary N) is 4. The van der Waals surface area contributed by atoms with Gasteiger partial charge in [-0.15, -0.1) is 20.5 Å². The van der Waals surface area contributed by atoms with Crippen molar-refractivity contribution in [3.05, 3.63) is 133 Å². The van der Waals surface area contributed by atoms with Crippen LogP contribution in [0.4, 0.5) is 79.6 Å². The molecule has 0 fully saturated rings. The second kappa shape index (κ2) is 21.2. The molecule has 8 aromatic rings. The largest absolute Gasteiger partial charge is 1.00 e. The molecule has 8 rings (SSSR count). The van der Waals surface area contributed by atoms with Gasteiger partial charge in [-0.1, -0.05) is 23.6 Å². The van der Waals surface area contributed by atoms with Crippen molar-refractivity contribution >= 4 is 121 Å². The van der Waals surface area contributed by atoms with E-state index >= 15 is 0 Å². The topological polar surface area (TPSA) is 370 Å². The fourth-order valence-corrected chi connectivity index (χ4v) is 7.77. The Kier molecular flexibility index (Phi) is 15.8. The van der Waals surface area contributed by atoms with Crippen molar-refractivity contribution < 1.29 is 95.3 Å². The number of rotatable bonds is 12. The van der Waals surface area contributed by atoms with E-state index in [0.717, 1.165) is 12.1 Å². The van der Waals surface area contributed by atoms with Crippen LogP contribution in [0, 0.1) is 0 Å². The van der Waals surface area contributed by atoms with Crippen LogP contribution >= 0.6 is 0 Å². The molecule has 21 nitrogen and oxygen atoms in total. The zero-order valence-electron chi connectivity index (χ0n) is 36.2. The summed E-state index contributed by atoms with van der Waals surface area (Å²) >= 11 is 0. The number of hydrogen-bond donors (Lipinski definition) is 7. The molecule has 0 aliphatic heterocycles. The molecule has 0 aromatic heterocycles. The average Bonchev–Trinajstić information content (AvgIpc) is 3.28. The number of nitrogen functional groups attached to an aromatic ring is 4. The number of nitrogens with one attached hydrogen (secondary N) is 1. The van der Waals surface area contributed by atoms with Gasteiger partial charge >= 0.3 is 59.1 Å². The SMILES string of the molecule is Nc1ccc(N=Nc2ccc3cc(S(=O)(=O)O)c(N=Nc4ccc(Nc5ccc(N=Nc6cc7c([O-])c(N=Nc8ccc(N)cc8N)ccc7cc6S(=O)(=O)O)cc5)cc4)cc3c2[O-])c(N)c1.[Na+].[Na+]. The van der Waals surface area contributed by atoms with Crippen LogP contribution in [0.3, 0.4) is 0 Å². The second-order valence-electron chi connectivity index (χ2n) is 14.5. The average molecular weight is 982 g/mol. The number of benzene rings is 8. The van der Waals surface area contributed by atoms with Crippen LogP contribution in [0.15, 0.2) is 184 Å². The Balaban J connectivity index is 0.00000391. The third-order valence-corrected chi connectivity index (χ3v) is 11.6. The summed E-state index contributed by atoms with van der Waals surface area (Å²) in [4.78, 5) is -1.15. The van der Waals surface area contributed by atoms with Crippen molar-refractivity contribution in [1.29, 1.82) is 0 Å². The van der Waals surface area contributed by atoms with Gasteiger partial charge in [0, 0.05) is 22.7 Å². The monoisotopic (exact) mass is 981 g/mol. The Morgan fingerprint density at radius 2 is 0.739 bits per heavy atom. The third-order valence-electron chi connectivity index (χ3n) is 9.82. The Morgan fingerprint density at radius 1 is 0.406 bits per heavy atom. The quantitative estimate of drug-likeness (QED) is 0.0387. The van der Waals surface area contributed by atoms with Gasteiger partial charge in [0.25, 0.3) is 20.2 Å². The van der Waals surface area contributed by atoms with Gasteiger partial charge < -0.3 is 38.5 Å². The molecule has 0 spiro atoms. The van der Waals surface area contributed by atoms with Crippen LogP contribution in [0.5, 0.6) is 11.5 Å². The predicted octanol–water partition coefficient (Wildman–Crippen LogP) is 4.38. The molecule has 0 aliphatic rings. The molecule has 0 aliphatic carbocycles. The maximum atomic E-state index is 13.4. The predicted molar refractivity (Wildman–Crippen MR) is 250 cm³/mol. The van der Waals surface area contributed by atoms with Crippen molar-refractivity contribution in [3.8, 4) is 11.5 Å². The molecule has 8 aromatic carbocycles. The Labute approximate surface area is 436 Å². The molecule has 0 amide bonds. The van der Waals surface area contributed by atoms with E-state index < -0.39 is 41.5 Å². The summed E-state index contributed by atoms with van der Waals surface area (Å²) in [6.45, 7) is 0. The zero-order valence-corrected chi connectivity index (χ0v) is 41.9. The minimum atomic E-state index is -4.80. The van der Waals surface area contributed by atoms with Gasteiger partial charge in [0.05, 0.1) is 34.1 Å². The van der Waals surface area contributed by atoms with Crippen LogP contribution in [0.25, 0.3) is 21.5 Å². The first-order valence-electron chi connectivity index (χ1n) is 19.3. The molecular weight excluding hydrogens is 949 g/mol. The standard InChI is InChI=1S/C44H35N13O8S2.2Na/c45-25-3-15-35(33(47)19-25)52-54-37-13-1-23-17-41(66(60,61)62)39(21-31(23)43(37)58)56-50-29-9-5-27(6-10-29)49-28-7-11-30(12-8-28)51-57-40-22-32-24(18-42(40)67(63,64)65)2-14-38(44(32)59)55-53-36-16-4-26(46)20-34(36)48;;/h1-22,49,58-59H,45-48H2,(H,60,61,62)(H,63,64,65);;/q;2*+1/p-2. The molecule has 0 radical (unpaired) electrons. The molecule has 0 unspecified atom stereocenters. The van der Waals surface area contributed by atoms with Crippen molar-refractivity contribution in [2.45, 2.75) is 9.79 Å². The molecule has 0 heterocycles. The van der Waals surface area contributed by atoms with Gasteiger partial charge in [-0.2, -0.15) is 37.3 Å². The molecule has 69 heavy (non-hydrogen) atoms. The number of azo groups is 4. The summed E-state index contributed by atoms with van der Waals surface area (Å²) in [6, 6.07) is 32.3. The molecule has 0 bridgehead atoms. The number of hydrogen-bond acceptors (Lipinski definition) is 19. The van der Waals surface area contributed by atoms with Gasteiger partial charge in [0.15, 0.2) is 0 Å². The van der Waals surface area contributed by atoms with Gasteiger partial charge in [0.1, 0.15) is 32.5 Å².